The van der Waals surface area contributed by atoms with E-state index in [0.29, 0.717) is 0 Å². The second-order valence-corrected chi connectivity index (χ2v) is 4.73. The highest BCUT2D eigenvalue weighted by Crippen LogP contribution is 2.37. The first kappa shape index (κ1) is 11.7. The van der Waals surface area contributed by atoms with E-state index in [9.17, 15) is 0 Å². The van der Waals surface area contributed by atoms with Gasteiger partial charge < -0.3 is 9.47 Å². The molecule has 0 amide bonds. The van der Waals surface area contributed by atoms with E-state index < -0.39 is 0 Å². The average molecular weight is 277 g/mol. The number of hydrogen-bond donors (Lipinski definition) is 0. The third kappa shape index (κ3) is 2.58. The van der Waals surface area contributed by atoms with Gasteiger partial charge in [-0.15, -0.1) is 11.8 Å². The van der Waals surface area contributed by atoms with E-state index in [4.69, 9.17) is 9.47 Å². The lowest BCUT2D eigenvalue weighted by Crippen LogP contribution is -1.90. The van der Waals surface area contributed by atoms with E-state index in [-0.39, 0.29) is 0 Å². The molecule has 1 aromatic rings. The van der Waals surface area contributed by atoms with Crippen molar-refractivity contribution in [1.82, 2.24) is 0 Å². The van der Waals surface area contributed by atoms with Crippen LogP contribution >= 0.6 is 27.7 Å². The molecule has 0 aliphatic heterocycles. The molecule has 0 bridgehead atoms. The average Bonchev–Trinajstić information content (AvgIpc) is 2.20. The van der Waals surface area contributed by atoms with Crippen LogP contribution in [0.3, 0.4) is 0 Å². The first-order valence-corrected chi connectivity index (χ1v) is 6.05. The van der Waals surface area contributed by atoms with Gasteiger partial charge in [-0.2, -0.15) is 0 Å². The zero-order chi connectivity index (χ0) is 10.6. The van der Waals surface area contributed by atoms with E-state index >= 15 is 0 Å². The molecule has 1 aromatic carbocycles. The monoisotopic (exact) mass is 276 g/mol. The van der Waals surface area contributed by atoms with Gasteiger partial charge in [0.15, 0.2) is 0 Å². The summed E-state index contributed by atoms with van der Waals surface area (Å²) >= 11 is 5.16. The Hall–Kier alpha value is -0.350. The Balaban J connectivity index is 3.11. The molecule has 2 nitrogen and oxygen atoms in total. The van der Waals surface area contributed by atoms with Crippen LogP contribution in [0.5, 0.6) is 11.5 Å². The van der Waals surface area contributed by atoms with Gasteiger partial charge in [0, 0.05) is 0 Å². The van der Waals surface area contributed by atoms with Crippen LogP contribution in [-0.4, -0.2) is 20.0 Å². The third-order valence-electron chi connectivity index (χ3n) is 1.74. The number of thioether (sulfide) groups is 1. The summed E-state index contributed by atoms with van der Waals surface area (Å²) in [6.07, 6.45) is 0. The minimum atomic E-state index is 0.835. The van der Waals surface area contributed by atoms with Crippen LogP contribution < -0.4 is 9.47 Å². The number of hydrogen-bond acceptors (Lipinski definition) is 3. The Kier molecular flexibility index (Phi) is 4.62. The zero-order valence-corrected chi connectivity index (χ0v) is 10.9. The van der Waals surface area contributed by atoms with Gasteiger partial charge in [0.05, 0.1) is 23.6 Å². The Bertz CT molecular complexity index is 315. The second-order valence-electron chi connectivity index (χ2n) is 2.57. The fourth-order valence-electron chi connectivity index (χ4n) is 1.10. The van der Waals surface area contributed by atoms with Crippen LogP contribution in [-0.2, 0) is 0 Å². The topological polar surface area (TPSA) is 18.5 Å². The predicted molar refractivity (Wildman–Crippen MR) is 63.6 cm³/mol. The summed E-state index contributed by atoms with van der Waals surface area (Å²) in [7, 11) is 3.33. The molecule has 4 heteroatoms. The summed E-state index contributed by atoms with van der Waals surface area (Å²) in [6.45, 7) is 2.11. The standard InChI is InChI=1S/C10H13BrO2S/c1-4-14-10-6-8(12-2)7(11)5-9(10)13-3/h5-6H,4H2,1-3H3. The number of ether oxygens (including phenoxy) is 2. The minimum Gasteiger partial charge on any atom is -0.496 e. The summed E-state index contributed by atoms with van der Waals surface area (Å²) in [5.74, 6) is 2.73. The Morgan fingerprint density at radius 1 is 1.21 bits per heavy atom. The van der Waals surface area contributed by atoms with Crippen molar-refractivity contribution < 1.29 is 9.47 Å². The highest BCUT2D eigenvalue weighted by molar-refractivity contribution is 9.10. The molecule has 0 aromatic heterocycles. The van der Waals surface area contributed by atoms with Gasteiger partial charge in [-0.25, -0.2) is 0 Å². The molecule has 0 saturated heterocycles. The van der Waals surface area contributed by atoms with Crippen molar-refractivity contribution in [3.8, 4) is 11.5 Å². The predicted octanol–water partition coefficient (Wildman–Crippen LogP) is 3.58. The molecule has 0 unspecified atom stereocenters. The maximum Gasteiger partial charge on any atom is 0.134 e. The normalized spacial score (nSPS) is 10.0. The number of halogens is 1. The Labute approximate surface area is 97.1 Å². The molecule has 0 radical (unpaired) electrons. The van der Waals surface area contributed by atoms with Crippen LogP contribution in [0.2, 0.25) is 0 Å². The molecule has 0 fully saturated rings. The fourth-order valence-corrected chi connectivity index (χ4v) is 2.37. The molecule has 0 N–H and O–H groups in total. The molecular weight excluding hydrogens is 264 g/mol. The number of benzene rings is 1. The first-order valence-electron chi connectivity index (χ1n) is 4.27. The van der Waals surface area contributed by atoms with E-state index in [1.54, 1.807) is 26.0 Å². The molecule has 78 valence electrons. The molecule has 0 atom stereocenters. The van der Waals surface area contributed by atoms with Crippen LogP contribution in [0, 0.1) is 0 Å². The van der Waals surface area contributed by atoms with E-state index in [1.807, 2.05) is 12.1 Å². The Morgan fingerprint density at radius 2 is 1.86 bits per heavy atom. The second kappa shape index (κ2) is 5.51. The Morgan fingerprint density at radius 3 is 2.36 bits per heavy atom. The largest absolute Gasteiger partial charge is 0.496 e. The molecule has 0 saturated carbocycles. The smallest absolute Gasteiger partial charge is 0.134 e. The van der Waals surface area contributed by atoms with Crippen molar-refractivity contribution in [3.05, 3.63) is 16.6 Å². The van der Waals surface area contributed by atoms with Crippen LogP contribution in [0.4, 0.5) is 0 Å². The fraction of sp³-hybridized carbons (Fsp3) is 0.400. The molecule has 0 heterocycles. The summed E-state index contributed by atoms with van der Waals surface area (Å²) in [6, 6.07) is 3.91. The molecule has 14 heavy (non-hydrogen) atoms. The van der Waals surface area contributed by atoms with E-state index in [0.717, 1.165) is 26.6 Å². The van der Waals surface area contributed by atoms with Gasteiger partial charge in [-0.3, -0.25) is 0 Å². The molecule has 0 spiro atoms. The number of rotatable bonds is 4. The van der Waals surface area contributed by atoms with Crippen molar-refractivity contribution in [2.24, 2.45) is 0 Å². The lowest BCUT2D eigenvalue weighted by atomic mass is 10.3. The van der Waals surface area contributed by atoms with Crippen LogP contribution in [0.25, 0.3) is 0 Å². The van der Waals surface area contributed by atoms with Crippen LogP contribution in [0.15, 0.2) is 21.5 Å². The minimum absolute atomic E-state index is 0.835. The quantitative estimate of drug-likeness (QED) is 0.784. The summed E-state index contributed by atoms with van der Waals surface area (Å²) in [4.78, 5) is 1.11. The lowest BCUT2D eigenvalue weighted by molar-refractivity contribution is 0.392. The van der Waals surface area contributed by atoms with E-state index in [2.05, 4.69) is 22.9 Å². The summed E-state index contributed by atoms with van der Waals surface area (Å²) < 4.78 is 11.4. The molecule has 0 aliphatic rings. The van der Waals surface area contributed by atoms with Gasteiger partial charge in [0.1, 0.15) is 11.5 Å². The van der Waals surface area contributed by atoms with Gasteiger partial charge >= 0.3 is 0 Å². The molecular formula is C10H13BrO2S. The molecule has 1 rings (SSSR count). The van der Waals surface area contributed by atoms with Gasteiger partial charge in [0.25, 0.3) is 0 Å². The van der Waals surface area contributed by atoms with E-state index in [1.165, 1.54) is 0 Å². The van der Waals surface area contributed by atoms with Crippen molar-refractivity contribution in [1.29, 1.82) is 0 Å². The summed E-state index contributed by atoms with van der Waals surface area (Å²) in [5.41, 5.74) is 0. The highest BCUT2D eigenvalue weighted by Gasteiger charge is 2.08. The third-order valence-corrected chi connectivity index (χ3v) is 3.28. The SMILES string of the molecule is CCSc1cc(OC)c(Br)cc1OC. The highest BCUT2D eigenvalue weighted by atomic mass is 79.9. The number of methoxy groups -OCH3 is 2. The lowest BCUT2D eigenvalue weighted by Gasteiger charge is -2.10. The zero-order valence-electron chi connectivity index (χ0n) is 8.46. The van der Waals surface area contributed by atoms with Gasteiger partial charge in [-0.05, 0) is 33.8 Å². The van der Waals surface area contributed by atoms with Gasteiger partial charge in [0.2, 0.25) is 0 Å². The van der Waals surface area contributed by atoms with Crippen molar-refractivity contribution >= 4 is 27.7 Å². The molecule has 0 aliphatic carbocycles. The van der Waals surface area contributed by atoms with Gasteiger partial charge in [-0.1, -0.05) is 6.92 Å². The maximum atomic E-state index is 5.27. The first-order chi connectivity index (χ1) is 6.72. The van der Waals surface area contributed by atoms with Crippen LogP contribution in [0.1, 0.15) is 6.92 Å². The maximum absolute atomic E-state index is 5.27. The van der Waals surface area contributed by atoms with Crippen molar-refractivity contribution in [2.45, 2.75) is 11.8 Å². The van der Waals surface area contributed by atoms with Crippen molar-refractivity contribution in [2.75, 3.05) is 20.0 Å². The summed E-state index contributed by atoms with van der Waals surface area (Å²) in [5, 5.41) is 0. The van der Waals surface area contributed by atoms with Crippen molar-refractivity contribution in [3.63, 3.8) is 0 Å².